The normalized spacial score (nSPS) is 14.7. The number of aromatic nitrogens is 3. The number of amides is 1. The van der Waals surface area contributed by atoms with Gasteiger partial charge >= 0.3 is 0 Å². The third-order valence-corrected chi connectivity index (χ3v) is 5.68. The van der Waals surface area contributed by atoms with E-state index in [1.54, 1.807) is 6.20 Å². The van der Waals surface area contributed by atoms with Crippen LogP contribution in [0.25, 0.3) is 11.3 Å². The van der Waals surface area contributed by atoms with Crippen molar-refractivity contribution >= 4 is 11.7 Å². The van der Waals surface area contributed by atoms with Gasteiger partial charge in [-0.1, -0.05) is 24.3 Å². The Morgan fingerprint density at radius 1 is 1.21 bits per heavy atom. The second-order valence-corrected chi connectivity index (χ2v) is 7.72. The predicted molar refractivity (Wildman–Crippen MR) is 115 cm³/mol. The molecule has 29 heavy (non-hydrogen) atoms. The topological polar surface area (TPSA) is 73.9 Å². The summed E-state index contributed by atoms with van der Waals surface area (Å²) in [6.45, 7) is 4.71. The maximum Gasteiger partial charge on any atom is 0.224 e. The molecule has 0 radical (unpaired) electrons. The van der Waals surface area contributed by atoms with Crippen LogP contribution in [0, 0.1) is 12.8 Å². The Kier molecular flexibility index (Phi) is 5.89. The first-order chi connectivity index (χ1) is 14.2. The van der Waals surface area contributed by atoms with Gasteiger partial charge in [0.25, 0.3) is 0 Å². The summed E-state index contributed by atoms with van der Waals surface area (Å²) in [5.74, 6) is 1.60. The Morgan fingerprint density at radius 3 is 2.79 bits per heavy atom. The third kappa shape index (κ3) is 4.83. The fraction of sp³-hybridized carbons (Fsp3) is 0.348. The van der Waals surface area contributed by atoms with Crippen LogP contribution < -0.4 is 10.2 Å². The molecule has 1 aliphatic heterocycles. The Bertz CT molecular complexity index is 945. The summed E-state index contributed by atoms with van der Waals surface area (Å²) in [4.78, 5) is 18.8. The van der Waals surface area contributed by atoms with Gasteiger partial charge in [-0.15, -0.1) is 0 Å². The van der Waals surface area contributed by atoms with E-state index in [0.717, 1.165) is 55.1 Å². The number of nitrogens with zero attached hydrogens (tertiary/aromatic N) is 3. The lowest BCUT2D eigenvalue weighted by Gasteiger charge is -2.32. The number of benzene rings is 1. The van der Waals surface area contributed by atoms with E-state index >= 15 is 0 Å². The summed E-state index contributed by atoms with van der Waals surface area (Å²) in [6, 6.07) is 14.1. The maximum atomic E-state index is 12.3. The molecule has 0 unspecified atom stereocenters. The molecule has 0 bridgehead atoms. The van der Waals surface area contributed by atoms with Gasteiger partial charge in [0.1, 0.15) is 0 Å². The molecule has 150 valence electrons. The van der Waals surface area contributed by atoms with E-state index in [9.17, 15) is 4.79 Å². The summed E-state index contributed by atoms with van der Waals surface area (Å²) < 4.78 is 0. The fourth-order valence-electron chi connectivity index (χ4n) is 3.81. The molecule has 2 N–H and O–H groups in total. The fourth-order valence-corrected chi connectivity index (χ4v) is 3.81. The first kappa shape index (κ1) is 19.2. The van der Waals surface area contributed by atoms with Crippen LogP contribution in [-0.4, -0.2) is 40.7 Å². The van der Waals surface area contributed by atoms with Gasteiger partial charge in [-0.25, -0.2) is 0 Å². The molecule has 1 fully saturated rings. The number of H-pyrrole nitrogens is 1. The quantitative estimate of drug-likeness (QED) is 0.678. The van der Waals surface area contributed by atoms with E-state index < -0.39 is 0 Å². The van der Waals surface area contributed by atoms with Gasteiger partial charge in [0, 0.05) is 43.7 Å². The highest BCUT2D eigenvalue weighted by atomic mass is 16.1. The number of aromatic amines is 1. The Balaban J connectivity index is 1.24. The van der Waals surface area contributed by atoms with Crippen LogP contribution in [0.3, 0.4) is 0 Å². The zero-order chi connectivity index (χ0) is 20.1. The average molecular weight is 390 g/mol. The summed E-state index contributed by atoms with van der Waals surface area (Å²) in [6.07, 6.45) is 6.17. The van der Waals surface area contributed by atoms with E-state index in [2.05, 4.69) is 31.5 Å². The molecule has 0 aliphatic carbocycles. The molecule has 3 aromatic rings. The van der Waals surface area contributed by atoms with E-state index in [1.165, 1.54) is 5.56 Å². The number of aryl methyl sites for hydroxylation is 1. The van der Waals surface area contributed by atoms with Crippen molar-refractivity contribution in [3.05, 3.63) is 66.0 Å². The predicted octanol–water partition coefficient (Wildman–Crippen LogP) is 3.36. The second-order valence-electron chi connectivity index (χ2n) is 7.72. The summed E-state index contributed by atoms with van der Waals surface area (Å²) >= 11 is 0. The molecule has 0 atom stereocenters. The summed E-state index contributed by atoms with van der Waals surface area (Å²) in [5, 5.41) is 10.7. The SMILES string of the molecule is Cc1ccccc1CC(=O)NCC1CCN(c2cc(-c3cccnc3)[nH]n2)CC1. The average Bonchev–Trinajstić information content (AvgIpc) is 3.25. The van der Waals surface area contributed by atoms with E-state index in [4.69, 9.17) is 0 Å². The van der Waals surface area contributed by atoms with Crippen LogP contribution >= 0.6 is 0 Å². The highest BCUT2D eigenvalue weighted by Gasteiger charge is 2.21. The van der Waals surface area contributed by atoms with Crippen LogP contribution in [0.4, 0.5) is 5.82 Å². The lowest BCUT2D eigenvalue weighted by molar-refractivity contribution is -0.120. The molecule has 1 aromatic carbocycles. The first-order valence-corrected chi connectivity index (χ1v) is 10.2. The molecular formula is C23H27N5O. The van der Waals surface area contributed by atoms with Gasteiger partial charge in [0.2, 0.25) is 5.91 Å². The molecule has 4 rings (SSSR count). The molecule has 6 nitrogen and oxygen atoms in total. The van der Waals surface area contributed by atoms with E-state index in [-0.39, 0.29) is 5.91 Å². The van der Waals surface area contributed by atoms with Crippen molar-refractivity contribution in [2.45, 2.75) is 26.2 Å². The lowest BCUT2D eigenvalue weighted by Crippen LogP contribution is -2.39. The first-order valence-electron chi connectivity index (χ1n) is 10.2. The number of pyridine rings is 1. The van der Waals surface area contributed by atoms with Crippen LogP contribution in [0.5, 0.6) is 0 Å². The minimum absolute atomic E-state index is 0.107. The van der Waals surface area contributed by atoms with Crippen LogP contribution in [0.15, 0.2) is 54.9 Å². The lowest BCUT2D eigenvalue weighted by atomic mass is 9.96. The largest absolute Gasteiger partial charge is 0.356 e. The van der Waals surface area contributed by atoms with Gasteiger partial charge < -0.3 is 10.2 Å². The molecule has 1 aliphatic rings. The summed E-state index contributed by atoms with van der Waals surface area (Å²) in [5.41, 5.74) is 4.29. The number of carbonyl (C=O) groups excluding carboxylic acids is 1. The number of rotatable bonds is 6. The molecule has 6 heteroatoms. The van der Waals surface area contributed by atoms with Crippen molar-refractivity contribution in [1.82, 2.24) is 20.5 Å². The van der Waals surface area contributed by atoms with Gasteiger partial charge in [-0.2, -0.15) is 5.10 Å². The van der Waals surface area contributed by atoms with Crippen molar-refractivity contribution < 1.29 is 4.79 Å². The van der Waals surface area contributed by atoms with Gasteiger partial charge in [-0.05, 0) is 48.9 Å². The van der Waals surface area contributed by atoms with Gasteiger partial charge in [0.15, 0.2) is 5.82 Å². The van der Waals surface area contributed by atoms with E-state index in [1.807, 2.05) is 49.5 Å². The van der Waals surface area contributed by atoms with Crippen molar-refractivity contribution in [2.24, 2.45) is 5.92 Å². The summed E-state index contributed by atoms with van der Waals surface area (Å²) in [7, 11) is 0. The van der Waals surface area contributed by atoms with Crippen molar-refractivity contribution in [1.29, 1.82) is 0 Å². The molecule has 0 spiro atoms. The minimum atomic E-state index is 0.107. The minimum Gasteiger partial charge on any atom is -0.356 e. The number of anilines is 1. The smallest absolute Gasteiger partial charge is 0.224 e. The molecule has 0 saturated carbocycles. The highest BCUT2D eigenvalue weighted by molar-refractivity contribution is 5.78. The Morgan fingerprint density at radius 2 is 2.03 bits per heavy atom. The molecule has 1 amide bonds. The zero-order valence-electron chi connectivity index (χ0n) is 16.8. The Labute approximate surface area is 171 Å². The molecular weight excluding hydrogens is 362 g/mol. The standard InChI is InChI=1S/C23H27N5O/c1-17-5-2-3-6-19(17)13-23(29)25-15-18-8-11-28(12-9-18)22-14-21(26-27-22)20-7-4-10-24-16-20/h2-7,10,14,16,18H,8-9,11-13,15H2,1H3,(H,25,29)(H,26,27). The van der Waals surface area contributed by atoms with Crippen LogP contribution in [-0.2, 0) is 11.2 Å². The van der Waals surface area contributed by atoms with E-state index in [0.29, 0.717) is 12.3 Å². The molecule has 1 saturated heterocycles. The van der Waals surface area contributed by atoms with Crippen molar-refractivity contribution in [3.8, 4) is 11.3 Å². The number of hydrogen-bond acceptors (Lipinski definition) is 4. The van der Waals surface area contributed by atoms with Crippen LogP contribution in [0.1, 0.15) is 24.0 Å². The van der Waals surface area contributed by atoms with Gasteiger partial charge in [-0.3, -0.25) is 14.9 Å². The monoisotopic (exact) mass is 389 g/mol. The number of hydrogen-bond donors (Lipinski definition) is 2. The number of carbonyl (C=O) groups is 1. The van der Waals surface area contributed by atoms with Gasteiger partial charge in [0.05, 0.1) is 12.1 Å². The third-order valence-electron chi connectivity index (χ3n) is 5.68. The Hall–Kier alpha value is -3.15. The molecule has 2 aromatic heterocycles. The maximum absolute atomic E-state index is 12.3. The van der Waals surface area contributed by atoms with Crippen molar-refractivity contribution in [3.63, 3.8) is 0 Å². The highest BCUT2D eigenvalue weighted by Crippen LogP contribution is 2.25. The van der Waals surface area contributed by atoms with Crippen molar-refractivity contribution in [2.75, 3.05) is 24.5 Å². The number of piperidine rings is 1. The zero-order valence-corrected chi connectivity index (χ0v) is 16.8. The number of nitrogens with one attached hydrogen (secondary N) is 2. The second kappa shape index (κ2) is 8.90. The van der Waals surface area contributed by atoms with Crippen LogP contribution in [0.2, 0.25) is 0 Å². The molecule has 3 heterocycles.